The van der Waals surface area contributed by atoms with E-state index in [1.807, 2.05) is 30.3 Å². The minimum Gasteiger partial charge on any atom is -0.493 e. The second-order valence-corrected chi connectivity index (χ2v) is 7.02. The number of amides is 1. The van der Waals surface area contributed by atoms with Crippen molar-refractivity contribution < 1.29 is 9.53 Å². The molecule has 2 atom stereocenters. The summed E-state index contributed by atoms with van der Waals surface area (Å²) in [7, 11) is 0. The van der Waals surface area contributed by atoms with Crippen molar-refractivity contribution in [2.45, 2.75) is 44.6 Å². The number of hydrogen-bond donors (Lipinski definition) is 1. The zero-order chi connectivity index (χ0) is 16.1. The van der Waals surface area contributed by atoms with Crippen LogP contribution in [0.25, 0.3) is 0 Å². The maximum absolute atomic E-state index is 12.6. The van der Waals surface area contributed by atoms with Gasteiger partial charge in [-0.3, -0.25) is 4.79 Å². The van der Waals surface area contributed by atoms with Gasteiger partial charge in [0.15, 0.2) is 0 Å². The van der Waals surface area contributed by atoms with E-state index in [2.05, 4.69) is 4.90 Å². The molecule has 2 N–H and O–H groups in total. The summed E-state index contributed by atoms with van der Waals surface area (Å²) in [5.41, 5.74) is 6.02. The summed E-state index contributed by atoms with van der Waals surface area (Å²) < 4.78 is 5.85. The highest BCUT2D eigenvalue weighted by molar-refractivity contribution is 5.85. The normalized spacial score (nSPS) is 25.0. The Labute approximate surface area is 151 Å². The van der Waals surface area contributed by atoms with Gasteiger partial charge in [0.1, 0.15) is 5.75 Å². The minimum absolute atomic E-state index is 0. The van der Waals surface area contributed by atoms with E-state index in [0.29, 0.717) is 11.8 Å². The highest BCUT2D eigenvalue weighted by Crippen LogP contribution is 2.27. The fourth-order valence-corrected chi connectivity index (χ4v) is 3.76. The van der Waals surface area contributed by atoms with Crippen LogP contribution in [0.15, 0.2) is 30.3 Å². The van der Waals surface area contributed by atoms with E-state index in [-0.39, 0.29) is 24.4 Å². The Morgan fingerprint density at radius 1 is 1.12 bits per heavy atom. The SMILES string of the molecule is Cl.NC1CCCC(C(=O)N2CCC(COc3ccccc3)CC2)C1. The van der Waals surface area contributed by atoms with Crippen LogP contribution in [0, 0.1) is 11.8 Å². The van der Waals surface area contributed by atoms with E-state index in [9.17, 15) is 4.79 Å². The smallest absolute Gasteiger partial charge is 0.225 e. The van der Waals surface area contributed by atoms with Gasteiger partial charge in [-0.05, 0) is 50.2 Å². The molecule has 0 radical (unpaired) electrons. The predicted molar refractivity (Wildman–Crippen MR) is 98.4 cm³/mol. The van der Waals surface area contributed by atoms with Crippen LogP contribution in [0.1, 0.15) is 38.5 Å². The highest BCUT2D eigenvalue weighted by Gasteiger charge is 2.31. The molecule has 1 aromatic rings. The van der Waals surface area contributed by atoms with Gasteiger partial charge in [0.25, 0.3) is 0 Å². The lowest BCUT2D eigenvalue weighted by molar-refractivity contribution is -0.138. The van der Waals surface area contributed by atoms with Crippen LogP contribution in [0.4, 0.5) is 0 Å². The first-order valence-corrected chi connectivity index (χ1v) is 8.94. The second kappa shape index (κ2) is 9.28. The molecule has 1 aliphatic carbocycles. The van der Waals surface area contributed by atoms with Crippen molar-refractivity contribution in [1.82, 2.24) is 4.90 Å². The molecule has 5 heteroatoms. The van der Waals surface area contributed by atoms with Crippen molar-refractivity contribution >= 4 is 18.3 Å². The van der Waals surface area contributed by atoms with E-state index in [1.54, 1.807) is 0 Å². The van der Waals surface area contributed by atoms with E-state index < -0.39 is 0 Å². The zero-order valence-electron chi connectivity index (χ0n) is 14.2. The molecule has 1 aliphatic heterocycles. The number of ether oxygens (including phenoxy) is 1. The number of carbonyl (C=O) groups is 1. The monoisotopic (exact) mass is 352 g/mol. The lowest BCUT2D eigenvalue weighted by Crippen LogP contribution is -2.45. The van der Waals surface area contributed by atoms with Gasteiger partial charge in [-0.15, -0.1) is 12.4 Å². The van der Waals surface area contributed by atoms with Gasteiger partial charge in [0.2, 0.25) is 5.91 Å². The summed E-state index contributed by atoms with van der Waals surface area (Å²) >= 11 is 0. The maximum atomic E-state index is 12.6. The number of likely N-dealkylation sites (tertiary alicyclic amines) is 1. The van der Waals surface area contributed by atoms with Gasteiger partial charge < -0.3 is 15.4 Å². The summed E-state index contributed by atoms with van der Waals surface area (Å²) in [5.74, 6) is 1.98. The van der Waals surface area contributed by atoms with Crippen LogP contribution in [-0.2, 0) is 4.79 Å². The molecule has 0 spiro atoms. The quantitative estimate of drug-likeness (QED) is 0.905. The van der Waals surface area contributed by atoms with Gasteiger partial charge in [-0.1, -0.05) is 24.6 Å². The number of nitrogens with two attached hydrogens (primary N) is 1. The third-order valence-corrected chi connectivity index (χ3v) is 5.22. The Morgan fingerprint density at radius 2 is 1.83 bits per heavy atom. The van der Waals surface area contributed by atoms with Gasteiger partial charge in [-0.25, -0.2) is 0 Å². The first-order valence-electron chi connectivity index (χ1n) is 8.94. The topological polar surface area (TPSA) is 55.6 Å². The van der Waals surface area contributed by atoms with Crippen molar-refractivity contribution in [2.24, 2.45) is 17.6 Å². The van der Waals surface area contributed by atoms with Crippen LogP contribution in [0.3, 0.4) is 0 Å². The Morgan fingerprint density at radius 3 is 2.50 bits per heavy atom. The fourth-order valence-electron chi connectivity index (χ4n) is 3.76. The summed E-state index contributed by atoms with van der Waals surface area (Å²) in [5, 5.41) is 0. The molecule has 134 valence electrons. The molecule has 2 aliphatic rings. The largest absolute Gasteiger partial charge is 0.493 e. The molecule has 4 nitrogen and oxygen atoms in total. The maximum Gasteiger partial charge on any atom is 0.225 e. The Balaban J connectivity index is 0.00000208. The molecule has 2 unspecified atom stereocenters. The molecule has 1 heterocycles. The number of nitrogens with zero attached hydrogens (tertiary/aromatic N) is 1. The molecule has 2 fully saturated rings. The molecular formula is C19H29ClN2O2. The third-order valence-electron chi connectivity index (χ3n) is 5.22. The molecule has 1 saturated heterocycles. The van der Waals surface area contributed by atoms with Crippen molar-refractivity contribution in [3.63, 3.8) is 0 Å². The number of rotatable bonds is 4. The molecule has 3 rings (SSSR count). The summed E-state index contributed by atoms with van der Waals surface area (Å²) in [4.78, 5) is 14.7. The Kier molecular flexibility index (Phi) is 7.38. The molecule has 0 bridgehead atoms. The minimum atomic E-state index is 0. The third kappa shape index (κ3) is 5.12. The number of hydrogen-bond acceptors (Lipinski definition) is 3. The molecule has 0 aromatic heterocycles. The summed E-state index contributed by atoms with van der Waals surface area (Å²) in [6.45, 7) is 2.49. The summed E-state index contributed by atoms with van der Waals surface area (Å²) in [6, 6.07) is 10.2. The van der Waals surface area contributed by atoms with E-state index in [4.69, 9.17) is 10.5 Å². The van der Waals surface area contributed by atoms with Crippen LogP contribution in [0.2, 0.25) is 0 Å². The Hall–Kier alpha value is -1.26. The van der Waals surface area contributed by atoms with Crippen LogP contribution >= 0.6 is 12.4 Å². The molecule has 1 aromatic carbocycles. The fraction of sp³-hybridized carbons (Fsp3) is 0.632. The second-order valence-electron chi connectivity index (χ2n) is 7.02. The van der Waals surface area contributed by atoms with Crippen molar-refractivity contribution in [2.75, 3.05) is 19.7 Å². The number of carbonyl (C=O) groups excluding carboxylic acids is 1. The number of halogens is 1. The lowest BCUT2D eigenvalue weighted by Gasteiger charge is -2.36. The van der Waals surface area contributed by atoms with Crippen LogP contribution < -0.4 is 10.5 Å². The zero-order valence-corrected chi connectivity index (χ0v) is 15.0. The lowest BCUT2D eigenvalue weighted by atomic mass is 9.84. The number of benzene rings is 1. The summed E-state index contributed by atoms with van der Waals surface area (Å²) in [6.07, 6.45) is 6.13. The van der Waals surface area contributed by atoms with Gasteiger partial charge in [0.05, 0.1) is 6.61 Å². The first kappa shape index (κ1) is 19.1. The van der Waals surface area contributed by atoms with Gasteiger partial charge in [0, 0.05) is 25.0 Å². The van der Waals surface area contributed by atoms with Gasteiger partial charge >= 0.3 is 0 Å². The number of piperidine rings is 1. The average molecular weight is 353 g/mol. The van der Waals surface area contributed by atoms with Crippen LogP contribution in [0.5, 0.6) is 5.75 Å². The van der Waals surface area contributed by atoms with Gasteiger partial charge in [-0.2, -0.15) is 0 Å². The van der Waals surface area contributed by atoms with E-state index in [1.165, 1.54) is 0 Å². The van der Waals surface area contributed by atoms with E-state index in [0.717, 1.165) is 64.0 Å². The number of para-hydroxylation sites is 1. The molecular weight excluding hydrogens is 324 g/mol. The molecule has 1 saturated carbocycles. The van der Waals surface area contributed by atoms with E-state index >= 15 is 0 Å². The first-order chi connectivity index (χ1) is 11.2. The molecule has 24 heavy (non-hydrogen) atoms. The van der Waals surface area contributed by atoms with Crippen molar-refractivity contribution in [3.05, 3.63) is 30.3 Å². The Bertz CT molecular complexity index is 503. The predicted octanol–water partition coefficient (Wildman–Crippen LogP) is 3.24. The standard InChI is InChI=1S/C19H28N2O2.ClH/c20-17-6-4-5-16(13-17)19(22)21-11-9-15(10-12-21)14-23-18-7-2-1-3-8-18;/h1-3,7-8,15-17H,4-6,9-14,20H2;1H. The van der Waals surface area contributed by atoms with Crippen molar-refractivity contribution in [1.29, 1.82) is 0 Å². The van der Waals surface area contributed by atoms with Crippen molar-refractivity contribution in [3.8, 4) is 5.75 Å². The average Bonchev–Trinajstić information content (AvgIpc) is 2.61. The highest BCUT2D eigenvalue weighted by atomic mass is 35.5. The van der Waals surface area contributed by atoms with Crippen LogP contribution in [-0.4, -0.2) is 36.5 Å². The molecule has 1 amide bonds.